The SMILES string of the molecule is COc1ccc(C#CCCBr)c(O)c1. The van der Waals surface area contributed by atoms with Crippen LogP contribution in [0.1, 0.15) is 12.0 Å². The number of benzene rings is 1. The predicted octanol–water partition coefficient (Wildman–Crippen LogP) is 2.54. The average molecular weight is 255 g/mol. The summed E-state index contributed by atoms with van der Waals surface area (Å²) in [4.78, 5) is 0. The highest BCUT2D eigenvalue weighted by Gasteiger charge is 1.98. The Labute approximate surface area is 92.0 Å². The summed E-state index contributed by atoms with van der Waals surface area (Å²) in [5.41, 5.74) is 0.631. The van der Waals surface area contributed by atoms with Gasteiger partial charge in [0, 0.05) is 17.8 Å². The zero-order chi connectivity index (χ0) is 10.4. The van der Waals surface area contributed by atoms with Gasteiger partial charge < -0.3 is 9.84 Å². The lowest BCUT2D eigenvalue weighted by Gasteiger charge is -2.01. The van der Waals surface area contributed by atoms with E-state index in [-0.39, 0.29) is 5.75 Å². The molecule has 0 radical (unpaired) electrons. The van der Waals surface area contributed by atoms with Crippen LogP contribution in [0.4, 0.5) is 0 Å². The second-order valence-corrected chi connectivity index (χ2v) is 3.42. The molecule has 0 aromatic heterocycles. The van der Waals surface area contributed by atoms with Crippen LogP contribution in [0, 0.1) is 11.8 Å². The highest BCUT2D eigenvalue weighted by atomic mass is 79.9. The van der Waals surface area contributed by atoms with Crippen molar-refractivity contribution in [3.8, 4) is 23.3 Å². The van der Waals surface area contributed by atoms with E-state index in [2.05, 4.69) is 27.8 Å². The molecule has 0 saturated heterocycles. The molecule has 0 unspecified atom stereocenters. The second-order valence-electron chi connectivity index (χ2n) is 2.62. The van der Waals surface area contributed by atoms with E-state index in [1.807, 2.05) is 0 Å². The van der Waals surface area contributed by atoms with E-state index < -0.39 is 0 Å². The normalized spacial score (nSPS) is 9.00. The molecular weight excluding hydrogens is 244 g/mol. The van der Waals surface area contributed by atoms with Gasteiger partial charge in [-0.05, 0) is 12.1 Å². The van der Waals surface area contributed by atoms with Crippen molar-refractivity contribution in [2.45, 2.75) is 6.42 Å². The Balaban J connectivity index is 2.85. The molecule has 0 aliphatic rings. The molecule has 0 saturated carbocycles. The van der Waals surface area contributed by atoms with Gasteiger partial charge in [0.25, 0.3) is 0 Å². The summed E-state index contributed by atoms with van der Waals surface area (Å²) in [6.45, 7) is 0. The first kappa shape index (κ1) is 10.9. The molecule has 2 nitrogen and oxygen atoms in total. The lowest BCUT2D eigenvalue weighted by molar-refractivity contribution is 0.407. The molecule has 0 atom stereocenters. The fourth-order valence-corrected chi connectivity index (χ4v) is 1.15. The van der Waals surface area contributed by atoms with E-state index in [0.717, 1.165) is 11.8 Å². The van der Waals surface area contributed by atoms with Crippen LogP contribution in [0.5, 0.6) is 11.5 Å². The van der Waals surface area contributed by atoms with Crippen molar-refractivity contribution in [3.05, 3.63) is 23.8 Å². The van der Waals surface area contributed by atoms with Crippen molar-refractivity contribution in [2.75, 3.05) is 12.4 Å². The van der Waals surface area contributed by atoms with Crippen LogP contribution in [-0.4, -0.2) is 17.5 Å². The van der Waals surface area contributed by atoms with Gasteiger partial charge in [-0.2, -0.15) is 0 Å². The van der Waals surface area contributed by atoms with Gasteiger partial charge in [0.2, 0.25) is 0 Å². The first-order valence-electron chi connectivity index (χ1n) is 4.19. The molecule has 0 fully saturated rings. The highest BCUT2D eigenvalue weighted by molar-refractivity contribution is 9.09. The lowest BCUT2D eigenvalue weighted by atomic mass is 10.2. The Morgan fingerprint density at radius 2 is 2.29 bits per heavy atom. The maximum atomic E-state index is 9.53. The monoisotopic (exact) mass is 254 g/mol. The third kappa shape index (κ3) is 2.97. The van der Waals surface area contributed by atoms with Crippen LogP contribution in [0.25, 0.3) is 0 Å². The topological polar surface area (TPSA) is 29.5 Å². The minimum absolute atomic E-state index is 0.159. The van der Waals surface area contributed by atoms with E-state index in [1.54, 1.807) is 25.3 Å². The van der Waals surface area contributed by atoms with E-state index in [1.165, 1.54) is 0 Å². The van der Waals surface area contributed by atoms with Gasteiger partial charge in [-0.1, -0.05) is 27.8 Å². The van der Waals surface area contributed by atoms with Crippen molar-refractivity contribution < 1.29 is 9.84 Å². The van der Waals surface area contributed by atoms with Crippen LogP contribution >= 0.6 is 15.9 Å². The van der Waals surface area contributed by atoms with Crippen LogP contribution in [0.15, 0.2) is 18.2 Å². The molecule has 1 rings (SSSR count). The molecule has 0 bridgehead atoms. The number of phenolic OH excluding ortho intramolecular Hbond substituents is 1. The molecule has 0 heterocycles. The number of phenols is 1. The summed E-state index contributed by atoms with van der Waals surface area (Å²) in [5, 5.41) is 10.4. The van der Waals surface area contributed by atoms with E-state index >= 15 is 0 Å². The van der Waals surface area contributed by atoms with Gasteiger partial charge in [-0.25, -0.2) is 0 Å². The van der Waals surface area contributed by atoms with Crippen LogP contribution in [-0.2, 0) is 0 Å². The van der Waals surface area contributed by atoms with Crippen molar-refractivity contribution in [3.63, 3.8) is 0 Å². The van der Waals surface area contributed by atoms with Crippen molar-refractivity contribution in [2.24, 2.45) is 0 Å². The molecule has 0 aliphatic carbocycles. The molecule has 3 heteroatoms. The zero-order valence-corrected chi connectivity index (χ0v) is 9.47. The highest BCUT2D eigenvalue weighted by Crippen LogP contribution is 2.22. The molecule has 0 aliphatic heterocycles. The number of hydrogen-bond acceptors (Lipinski definition) is 2. The Bertz CT molecular complexity index is 363. The summed E-state index contributed by atoms with van der Waals surface area (Å²) in [6.07, 6.45) is 0.769. The molecule has 0 amide bonds. The quantitative estimate of drug-likeness (QED) is 0.650. The van der Waals surface area contributed by atoms with E-state index in [4.69, 9.17) is 4.74 Å². The Morgan fingerprint density at radius 3 is 2.86 bits per heavy atom. The smallest absolute Gasteiger partial charge is 0.134 e. The second kappa shape index (κ2) is 5.56. The molecular formula is C11H11BrO2. The Hall–Kier alpha value is -1.14. The standard InChI is InChI=1S/C11H11BrO2/c1-14-10-6-5-9(11(13)8-10)4-2-3-7-12/h5-6,8,13H,3,7H2,1H3. The van der Waals surface area contributed by atoms with E-state index in [0.29, 0.717) is 11.3 Å². The third-order valence-corrected chi connectivity index (χ3v) is 2.04. The first-order chi connectivity index (χ1) is 6.77. The van der Waals surface area contributed by atoms with Crippen LogP contribution < -0.4 is 4.74 Å². The average Bonchev–Trinajstić information content (AvgIpc) is 2.20. The Morgan fingerprint density at radius 1 is 1.50 bits per heavy atom. The Kier molecular flexibility index (Phi) is 4.34. The molecule has 1 aromatic rings. The zero-order valence-electron chi connectivity index (χ0n) is 7.88. The minimum Gasteiger partial charge on any atom is -0.507 e. The third-order valence-electron chi connectivity index (χ3n) is 1.65. The molecule has 14 heavy (non-hydrogen) atoms. The number of rotatable bonds is 2. The molecule has 0 spiro atoms. The van der Waals surface area contributed by atoms with Crippen molar-refractivity contribution in [1.82, 2.24) is 0 Å². The molecule has 1 aromatic carbocycles. The van der Waals surface area contributed by atoms with E-state index in [9.17, 15) is 5.11 Å². The fraction of sp³-hybridized carbons (Fsp3) is 0.273. The first-order valence-corrected chi connectivity index (χ1v) is 5.32. The summed E-state index contributed by atoms with van der Waals surface area (Å²) >= 11 is 3.28. The van der Waals surface area contributed by atoms with Crippen LogP contribution in [0.3, 0.4) is 0 Å². The number of halogens is 1. The summed E-state index contributed by atoms with van der Waals surface area (Å²) in [7, 11) is 1.56. The summed E-state index contributed by atoms with van der Waals surface area (Å²) < 4.78 is 4.96. The predicted molar refractivity (Wildman–Crippen MR) is 59.9 cm³/mol. The van der Waals surface area contributed by atoms with Gasteiger partial charge in [0.05, 0.1) is 12.7 Å². The van der Waals surface area contributed by atoms with Crippen LogP contribution in [0.2, 0.25) is 0 Å². The van der Waals surface area contributed by atoms with Gasteiger partial charge in [-0.3, -0.25) is 0 Å². The number of ether oxygens (including phenoxy) is 1. The van der Waals surface area contributed by atoms with Gasteiger partial charge in [0.15, 0.2) is 0 Å². The molecule has 1 N–H and O–H groups in total. The number of hydrogen-bond donors (Lipinski definition) is 1. The lowest BCUT2D eigenvalue weighted by Crippen LogP contribution is -1.83. The van der Waals surface area contributed by atoms with Crippen molar-refractivity contribution >= 4 is 15.9 Å². The summed E-state index contributed by atoms with van der Waals surface area (Å²) in [5.74, 6) is 6.60. The number of alkyl halides is 1. The van der Waals surface area contributed by atoms with Crippen molar-refractivity contribution in [1.29, 1.82) is 0 Å². The minimum atomic E-state index is 0.159. The van der Waals surface area contributed by atoms with Gasteiger partial charge in [0.1, 0.15) is 11.5 Å². The van der Waals surface area contributed by atoms with Gasteiger partial charge in [-0.15, -0.1) is 0 Å². The van der Waals surface area contributed by atoms with Gasteiger partial charge >= 0.3 is 0 Å². The largest absolute Gasteiger partial charge is 0.507 e. The fourth-order valence-electron chi connectivity index (χ4n) is 0.949. The maximum absolute atomic E-state index is 9.53. The summed E-state index contributed by atoms with van der Waals surface area (Å²) in [6, 6.07) is 5.07. The number of methoxy groups -OCH3 is 1. The molecule has 74 valence electrons. The maximum Gasteiger partial charge on any atom is 0.134 e. The number of aromatic hydroxyl groups is 1.